The molecule has 0 aliphatic rings. The molecule has 1 N–H and O–H groups in total. The summed E-state index contributed by atoms with van der Waals surface area (Å²) in [7, 11) is 0. The Morgan fingerprint density at radius 1 is 1.50 bits per heavy atom. The lowest BCUT2D eigenvalue weighted by atomic mass is 10.1. The predicted octanol–water partition coefficient (Wildman–Crippen LogP) is 2.90. The monoisotopic (exact) mass is 323 g/mol. The molecule has 2 heterocycles. The highest BCUT2D eigenvalue weighted by Gasteiger charge is 2.32. The number of nitrogens with zero attached hydrogens (tertiary/aromatic N) is 4. The number of carbonyl (C=O) groups excluding carboxylic acids is 1. The van der Waals surface area contributed by atoms with Crippen LogP contribution in [0.3, 0.4) is 0 Å². The zero-order valence-electron chi connectivity index (χ0n) is 13.5. The van der Waals surface area contributed by atoms with Gasteiger partial charge in [0.05, 0.1) is 18.5 Å². The summed E-state index contributed by atoms with van der Waals surface area (Å²) in [4.78, 5) is 16.4. The van der Waals surface area contributed by atoms with E-state index in [0.717, 1.165) is 11.5 Å². The summed E-state index contributed by atoms with van der Waals surface area (Å²) in [5.74, 6) is 0.784. The maximum absolute atomic E-state index is 12.0. The van der Waals surface area contributed by atoms with Crippen molar-refractivity contribution >= 4 is 28.3 Å². The van der Waals surface area contributed by atoms with E-state index in [1.807, 2.05) is 13.8 Å². The molecule has 0 aliphatic heterocycles. The van der Waals surface area contributed by atoms with Gasteiger partial charge in [0.1, 0.15) is 5.82 Å². The number of ether oxygens (including phenoxy) is 1. The fraction of sp³-hybridized carbons (Fsp3) is 0.571. The molecule has 0 spiro atoms. The number of hydrogen-bond donors (Lipinski definition) is 1. The van der Waals surface area contributed by atoms with E-state index in [1.54, 1.807) is 37.8 Å². The van der Waals surface area contributed by atoms with Gasteiger partial charge in [0.2, 0.25) is 5.13 Å². The molecule has 22 heavy (non-hydrogen) atoms. The summed E-state index contributed by atoms with van der Waals surface area (Å²) in [6.07, 6.45) is 3.41. The largest absolute Gasteiger partial charge is 0.464 e. The summed E-state index contributed by atoms with van der Waals surface area (Å²) in [5.41, 5.74) is -0.107. The van der Waals surface area contributed by atoms with Gasteiger partial charge in [-0.2, -0.15) is 9.47 Å². The molecule has 0 radical (unpaired) electrons. The SMILES string of the molecule is CCOC(=O)C(C)(C)n1cc(Nc2nc(C(C)C)ns2)cn1. The average molecular weight is 323 g/mol. The minimum absolute atomic E-state index is 0.289. The number of aromatic nitrogens is 4. The Kier molecular flexibility index (Phi) is 4.80. The quantitative estimate of drug-likeness (QED) is 0.823. The van der Waals surface area contributed by atoms with Crippen LogP contribution in [-0.4, -0.2) is 31.7 Å². The highest BCUT2D eigenvalue weighted by molar-refractivity contribution is 7.09. The Bertz CT molecular complexity index is 647. The number of hydrogen-bond acceptors (Lipinski definition) is 7. The predicted molar refractivity (Wildman–Crippen MR) is 85.5 cm³/mol. The summed E-state index contributed by atoms with van der Waals surface area (Å²) in [6, 6.07) is 0. The van der Waals surface area contributed by atoms with Gasteiger partial charge in [-0.15, -0.1) is 0 Å². The first-order valence-electron chi connectivity index (χ1n) is 7.17. The molecule has 0 bridgehead atoms. The van der Waals surface area contributed by atoms with Crippen molar-refractivity contribution in [3.8, 4) is 0 Å². The molecule has 0 aromatic carbocycles. The van der Waals surface area contributed by atoms with E-state index < -0.39 is 5.54 Å². The smallest absolute Gasteiger partial charge is 0.333 e. The Balaban J connectivity index is 2.12. The number of carbonyl (C=O) groups is 1. The summed E-state index contributed by atoms with van der Waals surface area (Å²) in [6.45, 7) is 9.76. The van der Waals surface area contributed by atoms with Crippen molar-refractivity contribution in [2.24, 2.45) is 0 Å². The second-order valence-corrected chi connectivity index (χ2v) is 6.44. The van der Waals surface area contributed by atoms with Crippen molar-refractivity contribution in [2.75, 3.05) is 11.9 Å². The second kappa shape index (κ2) is 6.43. The molecule has 0 saturated heterocycles. The molecule has 0 unspecified atom stereocenters. The lowest BCUT2D eigenvalue weighted by Crippen LogP contribution is -2.37. The first-order chi connectivity index (χ1) is 10.3. The minimum Gasteiger partial charge on any atom is -0.464 e. The molecule has 0 amide bonds. The lowest BCUT2D eigenvalue weighted by molar-refractivity contribution is -0.152. The normalized spacial score (nSPS) is 11.7. The van der Waals surface area contributed by atoms with Crippen molar-refractivity contribution in [1.29, 1.82) is 0 Å². The van der Waals surface area contributed by atoms with Gasteiger partial charge in [-0.1, -0.05) is 13.8 Å². The highest BCUT2D eigenvalue weighted by Crippen LogP contribution is 2.23. The molecule has 7 nitrogen and oxygen atoms in total. The molecular weight excluding hydrogens is 302 g/mol. The molecule has 0 fully saturated rings. The van der Waals surface area contributed by atoms with Gasteiger partial charge in [0.15, 0.2) is 5.54 Å². The van der Waals surface area contributed by atoms with E-state index in [0.29, 0.717) is 11.7 Å². The van der Waals surface area contributed by atoms with Crippen molar-refractivity contribution in [2.45, 2.75) is 46.1 Å². The van der Waals surface area contributed by atoms with E-state index in [-0.39, 0.29) is 11.9 Å². The summed E-state index contributed by atoms with van der Waals surface area (Å²) < 4.78 is 10.9. The van der Waals surface area contributed by atoms with E-state index in [1.165, 1.54) is 11.5 Å². The Hall–Kier alpha value is -1.96. The first kappa shape index (κ1) is 16.4. The van der Waals surface area contributed by atoms with Gasteiger partial charge in [0.25, 0.3) is 0 Å². The Labute approximate surface area is 133 Å². The molecule has 0 aliphatic carbocycles. The third kappa shape index (κ3) is 3.44. The molecular formula is C14H21N5O2S. The molecule has 0 atom stereocenters. The average Bonchev–Trinajstić information content (AvgIpc) is 3.09. The second-order valence-electron chi connectivity index (χ2n) is 5.69. The van der Waals surface area contributed by atoms with Crippen LogP contribution < -0.4 is 5.32 Å². The molecule has 2 rings (SSSR count). The minimum atomic E-state index is -0.861. The zero-order valence-corrected chi connectivity index (χ0v) is 14.3. The van der Waals surface area contributed by atoms with Gasteiger partial charge in [-0.05, 0) is 20.8 Å². The van der Waals surface area contributed by atoms with Gasteiger partial charge in [-0.3, -0.25) is 4.68 Å². The van der Waals surface area contributed by atoms with Crippen LogP contribution in [0.25, 0.3) is 0 Å². The fourth-order valence-electron chi connectivity index (χ4n) is 1.74. The van der Waals surface area contributed by atoms with E-state index in [4.69, 9.17) is 4.74 Å². The van der Waals surface area contributed by atoms with Crippen LogP contribution in [0.15, 0.2) is 12.4 Å². The lowest BCUT2D eigenvalue weighted by Gasteiger charge is -2.22. The third-order valence-electron chi connectivity index (χ3n) is 3.14. The number of anilines is 2. The Morgan fingerprint density at radius 2 is 2.23 bits per heavy atom. The number of esters is 1. The molecule has 8 heteroatoms. The van der Waals surface area contributed by atoms with Gasteiger partial charge in [0, 0.05) is 23.6 Å². The van der Waals surface area contributed by atoms with Crippen molar-refractivity contribution in [3.05, 3.63) is 18.2 Å². The number of rotatable bonds is 6. The van der Waals surface area contributed by atoms with E-state index >= 15 is 0 Å². The van der Waals surface area contributed by atoms with Crippen molar-refractivity contribution in [1.82, 2.24) is 19.1 Å². The van der Waals surface area contributed by atoms with Crippen molar-refractivity contribution < 1.29 is 9.53 Å². The first-order valence-corrected chi connectivity index (χ1v) is 7.95. The van der Waals surface area contributed by atoms with Crippen LogP contribution in [0, 0.1) is 0 Å². The zero-order chi connectivity index (χ0) is 16.3. The highest BCUT2D eigenvalue weighted by atomic mass is 32.1. The standard InChI is InChI=1S/C14H21N5O2S/c1-6-21-12(20)14(4,5)19-8-10(7-15-19)16-13-17-11(9(2)3)18-22-13/h7-9H,6H2,1-5H3,(H,16,17,18). The Morgan fingerprint density at radius 3 is 2.82 bits per heavy atom. The van der Waals surface area contributed by atoms with Crippen LogP contribution in [0.2, 0.25) is 0 Å². The van der Waals surface area contributed by atoms with E-state index in [2.05, 4.69) is 19.8 Å². The summed E-state index contributed by atoms with van der Waals surface area (Å²) in [5, 5.41) is 8.10. The fourth-order valence-corrected chi connectivity index (χ4v) is 2.47. The number of nitrogens with one attached hydrogen (secondary N) is 1. The van der Waals surface area contributed by atoms with Gasteiger partial charge < -0.3 is 10.1 Å². The van der Waals surface area contributed by atoms with Crippen LogP contribution >= 0.6 is 11.5 Å². The van der Waals surface area contributed by atoms with Crippen molar-refractivity contribution in [3.63, 3.8) is 0 Å². The van der Waals surface area contributed by atoms with Crippen LogP contribution in [0.5, 0.6) is 0 Å². The topological polar surface area (TPSA) is 81.9 Å². The summed E-state index contributed by atoms with van der Waals surface area (Å²) >= 11 is 1.30. The van der Waals surface area contributed by atoms with Crippen LogP contribution in [0.4, 0.5) is 10.8 Å². The van der Waals surface area contributed by atoms with Crippen LogP contribution in [0.1, 0.15) is 46.4 Å². The maximum atomic E-state index is 12.0. The molecule has 0 saturated carbocycles. The van der Waals surface area contributed by atoms with Gasteiger partial charge >= 0.3 is 5.97 Å². The molecule has 2 aromatic heterocycles. The molecule has 120 valence electrons. The molecule has 2 aromatic rings. The van der Waals surface area contributed by atoms with Crippen LogP contribution in [-0.2, 0) is 15.1 Å². The van der Waals surface area contributed by atoms with E-state index in [9.17, 15) is 4.79 Å². The maximum Gasteiger partial charge on any atom is 0.333 e. The van der Waals surface area contributed by atoms with Gasteiger partial charge in [-0.25, -0.2) is 9.78 Å². The third-order valence-corrected chi connectivity index (χ3v) is 3.78.